The number of hydrogen-bond donors (Lipinski definition) is 2. The van der Waals surface area contributed by atoms with Gasteiger partial charge in [-0.25, -0.2) is 9.98 Å². The number of amides is 5. The van der Waals surface area contributed by atoms with Gasteiger partial charge in [0.2, 0.25) is 5.89 Å². The fraction of sp³-hybridized carbons (Fsp3) is 0.611. The van der Waals surface area contributed by atoms with Gasteiger partial charge in [0.1, 0.15) is 96.6 Å². The van der Waals surface area contributed by atoms with Crippen LogP contribution in [-0.4, -0.2) is 112 Å². The fourth-order valence-electron chi connectivity index (χ4n) is 11.3. The number of ketones is 1. The number of amidine groups is 1. The Morgan fingerprint density at radius 2 is 0.791 bits per heavy atom. The molecule has 2 N–H and O–H groups in total. The molecule has 5 rings (SSSR count). The second-order valence-corrected chi connectivity index (χ2v) is 53.3. The molecule has 3 aliphatic rings. The number of hydrogen-bond acceptors (Lipinski definition) is 21. The van der Waals surface area contributed by atoms with E-state index in [1.165, 1.54) is 22.2 Å². The van der Waals surface area contributed by atoms with E-state index in [0.29, 0.717) is 59.6 Å². The van der Waals surface area contributed by atoms with Gasteiger partial charge in [-0.3, -0.25) is 43.5 Å². The van der Waals surface area contributed by atoms with Crippen LogP contribution in [0.25, 0.3) is 16.7 Å². The number of likely N-dealkylation sites (N-methyl/N-ethyl adjacent to an activating group) is 1. The molecular weight excluding hydrogens is 1810 g/mol. The minimum absolute atomic E-state index is 0.000139. The number of aromatic nitrogens is 1. The molecule has 0 unspecified atom stereocenters. The normalized spacial score (nSPS) is 15.7. The van der Waals surface area contributed by atoms with Crippen molar-refractivity contribution in [1.82, 2.24) is 30.3 Å². The first-order valence-corrected chi connectivity index (χ1v) is 49.5. The summed E-state index contributed by atoms with van der Waals surface area (Å²) in [6.07, 6.45) is 16.8. The molecule has 2 saturated heterocycles. The molecule has 5 amide bonds. The van der Waals surface area contributed by atoms with Crippen molar-refractivity contribution in [3.63, 3.8) is 0 Å². The van der Waals surface area contributed by atoms with E-state index in [9.17, 15) is 34.0 Å². The zero-order valence-electron chi connectivity index (χ0n) is 94.9. The van der Waals surface area contributed by atoms with Crippen LogP contribution in [0.1, 0.15) is 358 Å². The van der Waals surface area contributed by atoms with E-state index in [2.05, 4.69) is 147 Å². The van der Waals surface area contributed by atoms with E-state index in [-0.39, 0.29) is 141 Å². The van der Waals surface area contributed by atoms with E-state index in [0.717, 1.165) is 33.6 Å². The Bertz CT molecular complexity index is 5050. The number of nitriles is 6. The lowest BCUT2D eigenvalue weighted by atomic mass is 9.83. The Morgan fingerprint density at radius 3 is 1.08 bits per heavy atom. The largest absolute Gasteiger partial charge is 0.487 e. The van der Waals surface area contributed by atoms with Crippen molar-refractivity contribution < 1.29 is 42.7 Å². The number of thioether (sulfide) groups is 2. The number of nitrogens with one attached hydrogen (secondary N) is 2. The quantitative estimate of drug-likeness (QED) is 0.0655. The Hall–Kier alpha value is -10.1. The third kappa shape index (κ3) is 60.0. The summed E-state index contributed by atoms with van der Waals surface area (Å²) in [4.78, 5) is 86.0. The smallest absolute Gasteiger partial charge is 0.293 e. The summed E-state index contributed by atoms with van der Waals surface area (Å²) in [5, 5.41) is 59.5. The van der Waals surface area contributed by atoms with Crippen molar-refractivity contribution in [2.24, 2.45) is 64.6 Å². The van der Waals surface area contributed by atoms with Gasteiger partial charge in [-0.05, 0) is 187 Å². The van der Waals surface area contributed by atoms with Crippen LogP contribution in [0, 0.1) is 128 Å². The number of oxazole rings is 1. The summed E-state index contributed by atoms with van der Waals surface area (Å²) in [6, 6.07) is 18.9. The fourth-order valence-corrected chi connectivity index (χ4v) is 14.6. The van der Waals surface area contributed by atoms with Crippen LogP contribution in [0.2, 0.25) is 0 Å². The maximum atomic E-state index is 12.0. The summed E-state index contributed by atoms with van der Waals surface area (Å²) in [6.45, 7) is 107. The lowest BCUT2D eigenvalue weighted by molar-refractivity contribution is -0.124. The molecule has 1 aromatic carbocycles. The van der Waals surface area contributed by atoms with E-state index in [4.69, 9.17) is 64.6 Å². The highest BCUT2D eigenvalue weighted by molar-refractivity contribution is 8.26. The Labute approximate surface area is 860 Å². The van der Waals surface area contributed by atoms with Gasteiger partial charge in [0.15, 0.2) is 11.4 Å². The standard InChI is InChI=1S/C18H22N2O.C13H22N2O.2C13H21NO.C12H19NO.C11H18N2O.C11H18N2S.C11H17NO2S.C11H17NOS2/c1-17(2,3)10-12(11-19)16-20-14-8-7-13(18(4,5)6)9-15(14)21-16;1-12(2,3)8-9-10(16)15(7)11(14-9)13(4,5)6;2*1-10(15-13(5,6)7)11(9-14)8-12(2,3)4;1-11(2,3)7-9(8-13)10(14)12(4,5)6;2*1-8(2)13-10(14)9(7-12)6-11(3,4)5;2*1-7(2)12-9(13)8(15-10(12)14)6-11(3,4)5/h7-10H,1-6H3;8H,1-7H3;2*8H,1H2,2-7H3;7H,1-6H3;2*6,8H,1-5H3,(H,13,14);2*6-7H,1-5H3/b12-10+;9-8-;2*11-8+;9-7+;2*9-6+;2*8-6+. The Balaban J connectivity index is -0.000000740. The summed E-state index contributed by atoms with van der Waals surface area (Å²) >= 11 is 12.7. The van der Waals surface area contributed by atoms with Crippen molar-refractivity contribution >= 4 is 114 Å². The van der Waals surface area contributed by atoms with Crippen LogP contribution in [0.4, 0.5) is 4.79 Å². The molecule has 139 heavy (non-hydrogen) atoms. The first-order valence-electron chi connectivity index (χ1n) is 47.1. The molecule has 0 bridgehead atoms. The predicted octanol–water partition coefficient (Wildman–Crippen LogP) is 29.7. The van der Waals surface area contributed by atoms with Gasteiger partial charge >= 0.3 is 0 Å². The second-order valence-electron chi connectivity index (χ2n) is 50.2. The van der Waals surface area contributed by atoms with Gasteiger partial charge in [0.25, 0.3) is 28.9 Å². The number of ether oxygens (including phenoxy) is 2. The minimum atomic E-state index is -0.479. The highest BCUT2D eigenvalue weighted by Crippen LogP contribution is 2.39. The molecule has 0 spiro atoms. The number of fused-ring (bicyclic) bond motifs is 1. The lowest BCUT2D eigenvalue weighted by Crippen LogP contribution is -2.36. The van der Waals surface area contributed by atoms with E-state index >= 15 is 0 Å². The number of nitrogens with zero attached hydrogens (tertiary/aromatic N) is 11. The molecule has 2 aromatic rings. The van der Waals surface area contributed by atoms with Gasteiger partial charge in [0, 0.05) is 42.0 Å². The first-order chi connectivity index (χ1) is 61.8. The van der Waals surface area contributed by atoms with Crippen LogP contribution in [0.3, 0.4) is 0 Å². The number of aliphatic imine (C=N–C) groups is 1. The molecule has 0 saturated carbocycles. The summed E-state index contributed by atoms with van der Waals surface area (Å²) in [5.41, 5.74) is 4.06. The third-order valence-electron chi connectivity index (χ3n) is 16.5. The van der Waals surface area contributed by atoms with Crippen LogP contribution in [0.5, 0.6) is 0 Å². The average molecular weight is 1990 g/mol. The van der Waals surface area contributed by atoms with Crippen molar-refractivity contribution in [3.05, 3.63) is 152 Å². The summed E-state index contributed by atoms with van der Waals surface area (Å²) in [7, 11) is 1.79. The molecule has 770 valence electrons. The third-order valence-corrected chi connectivity index (χ3v) is 19.1. The number of carbonyl (C=O) groups excluding carboxylic acids is 6. The topological polar surface area (TPSA) is 336 Å². The monoisotopic (exact) mass is 1990 g/mol. The SMILES string of the molecule is C=C(OC(C)(C)C)/C(C#N)=C/C(C)(C)C.C=C(OC(C)(C)C)/C(C#N)=C/C(C)(C)C.CC(C)(C)/C=C(\C#N)C(=O)C(C)(C)C.CC(C)(C)/C=C(\C#N)c1nc2ccc(C(C)(C)C)cc2o1.CC(C)N1C(=O)/C(=C\C(C)(C)C)SC1=S.CC(C)N1C(=O)S/C(=C/C(C)(C)C)C1=O.CC(C)NC(=O)/C(C#N)=C/C(C)(C)C.CC(C)NC(=S)/C(C#N)=C/C(C)(C)C.CN1C(=O)/C(=C/C(C)(C)C)N=C1C(C)(C)C. The zero-order valence-corrected chi connectivity index (χ0v) is 98.1. The minimum Gasteiger partial charge on any atom is -0.487 e. The van der Waals surface area contributed by atoms with Crippen LogP contribution >= 0.6 is 48.0 Å². The van der Waals surface area contributed by atoms with Gasteiger partial charge in [-0.1, -0.05) is 353 Å². The number of carbonyl (C=O) groups is 6. The zero-order chi connectivity index (χ0) is 111. The molecule has 0 aliphatic carbocycles. The number of benzene rings is 1. The predicted molar refractivity (Wildman–Crippen MR) is 589 cm³/mol. The summed E-state index contributed by atoms with van der Waals surface area (Å²) < 4.78 is 17.6. The maximum Gasteiger partial charge on any atom is 0.293 e. The lowest BCUT2D eigenvalue weighted by Gasteiger charge is -2.23. The second kappa shape index (κ2) is 54.8. The highest BCUT2D eigenvalue weighted by Gasteiger charge is 2.39. The van der Waals surface area contributed by atoms with Crippen molar-refractivity contribution in [2.75, 3.05) is 7.05 Å². The van der Waals surface area contributed by atoms with Gasteiger partial charge < -0.3 is 24.5 Å². The van der Waals surface area contributed by atoms with Crippen LogP contribution in [0.15, 0.2) is 150 Å². The van der Waals surface area contributed by atoms with Gasteiger partial charge in [0.05, 0.1) is 32.1 Å². The van der Waals surface area contributed by atoms with E-state index in [1.807, 2.05) is 330 Å². The van der Waals surface area contributed by atoms with Crippen LogP contribution < -0.4 is 10.6 Å². The van der Waals surface area contributed by atoms with E-state index < -0.39 is 5.41 Å². The number of rotatable bonds is 12. The first kappa shape index (κ1) is 135. The van der Waals surface area contributed by atoms with Gasteiger partial charge in [-0.15, -0.1) is 0 Å². The number of thiocarbonyl (C=S) groups is 2. The summed E-state index contributed by atoms with van der Waals surface area (Å²) in [5.74, 6) is 1.64. The van der Waals surface area contributed by atoms with Crippen molar-refractivity contribution in [2.45, 2.75) is 387 Å². The Morgan fingerprint density at radius 1 is 0.446 bits per heavy atom. The van der Waals surface area contributed by atoms with Crippen molar-refractivity contribution in [1.29, 1.82) is 31.6 Å². The number of imide groups is 1. The molecule has 0 radical (unpaired) electrons. The highest BCUT2D eigenvalue weighted by atomic mass is 32.2. The van der Waals surface area contributed by atoms with E-state index in [1.54, 1.807) is 29.0 Å². The molecule has 1 aromatic heterocycles. The Kier molecular flexibility index (Phi) is 53.3. The molecule has 22 nitrogen and oxygen atoms in total. The average Bonchev–Trinajstić information content (AvgIpc) is 1.54. The van der Waals surface area contributed by atoms with Crippen molar-refractivity contribution in [3.8, 4) is 36.4 Å². The van der Waals surface area contributed by atoms with Crippen LogP contribution in [-0.2, 0) is 38.9 Å². The molecule has 26 heteroatoms. The molecule has 4 heterocycles. The molecular formula is C113H175N13O9S4. The molecule has 3 aliphatic heterocycles. The number of Topliss-reactive ketones (excluding diaryl/α,β-unsaturated/α-hetero) is 1. The maximum absolute atomic E-state index is 12.0. The molecule has 0 atom stereocenters. The molecule has 2 fully saturated rings. The number of allylic oxidation sites excluding steroid dienone is 13. The van der Waals surface area contributed by atoms with Gasteiger partial charge in [-0.2, -0.15) is 31.6 Å².